The van der Waals surface area contributed by atoms with Crippen molar-refractivity contribution in [2.24, 2.45) is 23.2 Å². The Hall–Kier alpha value is -2.18. The van der Waals surface area contributed by atoms with Crippen LogP contribution in [0.3, 0.4) is 0 Å². The van der Waals surface area contributed by atoms with Gasteiger partial charge in [-0.3, -0.25) is 4.79 Å². The summed E-state index contributed by atoms with van der Waals surface area (Å²) in [5, 5.41) is 20.5. The minimum absolute atomic E-state index is 0.192. The molecule has 4 aliphatic rings. The second kappa shape index (κ2) is 12.8. The van der Waals surface area contributed by atoms with Gasteiger partial charge < -0.3 is 19.4 Å². The summed E-state index contributed by atoms with van der Waals surface area (Å²) in [4.78, 5) is 16.9. The molecule has 6 nitrogen and oxygen atoms in total. The maximum Gasteiger partial charge on any atom is 0.302 e. The smallest absolute Gasteiger partial charge is 0.302 e. The van der Waals surface area contributed by atoms with Crippen molar-refractivity contribution in [2.45, 2.75) is 141 Å². The third-order valence-corrected chi connectivity index (χ3v) is 11.3. The van der Waals surface area contributed by atoms with Gasteiger partial charge in [0, 0.05) is 19.8 Å². The normalized spacial score (nSPS) is 33.9. The summed E-state index contributed by atoms with van der Waals surface area (Å²) in [6.45, 7) is 12.7. The van der Waals surface area contributed by atoms with Gasteiger partial charge in [0.25, 0.3) is 0 Å². The van der Waals surface area contributed by atoms with Crippen molar-refractivity contribution in [3.05, 3.63) is 53.3 Å². The van der Waals surface area contributed by atoms with Crippen molar-refractivity contribution in [3.63, 3.8) is 0 Å². The summed E-state index contributed by atoms with van der Waals surface area (Å²) in [7, 11) is 0. The monoisotopic (exact) mass is 579 g/mol. The predicted molar refractivity (Wildman–Crippen MR) is 165 cm³/mol. The number of hydrogen-bond donors (Lipinski definition) is 2. The zero-order chi connectivity index (χ0) is 30.1. The first-order valence-corrected chi connectivity index (χ1v) is 16.6. The Bertz CT molecular complexity index is 1190. The predicted octanol–water partition coefficient (Wildman–Crippen LogP) is 7.54. The molecular weight excluding hydrogens is 526 g/mol. The molecule has 0 spiro atoms. The highest BCUT2D eigenvalue weighted by Crippen LogP contribution is 2.60. The van der Waals surface area contributed by atoms with Crippen LogP contribution in [0, 0.1) is 23.2 Å². The number of carbonyl (C=O) groups excluding carboxylic acids is 1. The van der Waals surface area contributed by atoms with E-state index in [0.29, 0.717) is 30.6 Å². The number of hydrogen-bond acceptors (Lipinski definition) is 6. The van der Waals surface area contributed by atoms with Gasteiger partial charge in [-0.2, -0.15) is 0 Å². The Balaban J connectivity index is 1.26. The van der Waals surface area contributed by atoms with Gasteiger partial charge in [0.2, 0.25) is 5.89 Å². The summed E-state index contributed by atoms with van der Waals surface area (Å²) in [5.41, 5.74) is 3.25. The molecule has 1 aromatic heterocycles. The fourth-order valence-electron chi connectivity index (χ4n) is 8.76. The second-order valence-corrected chi connectivity index (χ2v) is 14.2. The topological polar surface area (TPSA) is 92.8 Å². The Kier molecular flexibility index (Phi) is 9.54. The van der Waals surface area contributed by atoms with Crippen molar-refractivity contribution in [1.82, 2.24) is 4.98 Å². The summed E-state index contributed by atoms with van der Waals surface area (Å²) < 4.78 is 12.2. The van der Waals surface area contributed by atoms with Gasteiger partial charge in [-0.15, -0.1) is 0 Å². The highest BCUT2D eigenvalue weighted by Gasteiger charge is 2.57. The summed E-state index contributed by atoms with van der Waals surface area (Å²) in [5.74, 6) is 3.20. The molecule has 4 saturated carbocycles. The maximum atomic E-state index is 12.2. The third-order valence-electron chi connectivity index (χ3n) is 11.3. The van der Waals surface area contributed by atoms with E-state index in [2.05, 4.69) is 44.5 Å². The number of rotatable bonds is 11. The van der Waals surface area contributed by atoms with Gasteiger partial charge in [0.1, 0.15) is 11.9 Å². The van der Waals surface area contributed by atoms with E-state index in [1.807, 2.05) is 6.20 Å². The van der Waals surface area contributed by atoms with Gasteiger partial charge in [0.05, 0.1) is 23.8 Å². The highest BCUT2D eigenvalue weighted by atomic mass is 16.5. The molecule has 1 heterocycles. The van der Waals surface area contributed by atoms with Crippen LogP contribution in [0.5, 0.6) is 0 Å². The molecule has 232 valence electrons. The van der Waals surface area contributed by atoms with E-state index in [1.165, 1.54) is 38.2 Å². The van der Waals surface area contributed by atoms with Crippen LogP contribution < -0.4 is 0 Å². The van der Waals surface area contributed by atoms with Crippen molar-refractivity contribution < 1.29 is 24.2 Å². The van der Waals surface area contributed by atoms with Crippen LogP contribution in [-0.2, 0) is 21.4 Å². The van der Waals surface area contributed by atoms with Crippen LogP contribution in [0.2, 0.25) is 0 Å². The minimum Gasteiger partial charge on any atom is -0.461 e. The number of carbonyl (C=O) groups is 1. The number of nitrogens with zero attached hydrogens (tertiary/aromatic N) is 1. The highest BCUT2D eigenvalue weighted by molar-refractivity contribution is 5.66. The van der Waals surface area contributed by atoms with E-state index in [9.17, 15) is 15.0 Å². The molecule has 0 unspecified atom stereocenters. The van der Waals surface area contributed by atoms with Crippen LogP contribution >= 0.6 is 0 Å². The molecule has 0 radical (unpaired) electrons. The summed E-state index contributed by atoms with van der Waals surface area (Å²) in [6, 6.07) is 0. The largest absolute Gasteiger partial charge is 0.461 e. The van der Waals surface area contributed by atoms with Crippen molar-refractivity contribution in [3.8, 4) is 0 Å². The summed E-state index contributed by atoms with van der Waals surface area (Å²) in [6.07, 6.45) is 18.8. The maximum absolute atomic E-state index is 12.2. The molecule has 0 amide bonds. The molecule has 2 N–H and O–H groups in total. The van der Waals surface area contributed by atoms with E-state index < -0.39 is 12.2 Å². The van der Waals surface area contributed by atoms with Crippen LogP contribution in [-0.4, -0.2) is 39.5 Å². The number of oxazole rings is 1. The lowest BCUT2D eigenvalue weighted by Gasteiger charge is -2.44. The Labute approximate surface area is 252 Å². The van der Waals surface area contributed by atoms with Gasteiger partial charge >= 0.3 is 5.97 Å². The molecule has 7 atom stereocenters. The number of aliphatic hydroxyl groups is 2. The molecular formula is C36H53NO5. The van der Waals surface area contributed by atoms with Gasteiger partial charge in [-0.05, 0) is 105 Å². The first kappa shape index (κ1) is 31.3. The van der Waals surface area contributed by atoms with Crippen molar-refractivity contribution in [2.75, 3.05) is 0 Å². The Morgan fingerprint density at radius 1 is 1.24 bits per heavy atom. The average molecular weight is 580 g/mol. The van der Waals surface area contributed by atoms with E-state index in [4.69, 9.17) is 9.15 Å². The zero-order valence-electron chi connectivity index (χ0n) is 26.4. The molecule has 0 aromatic carbocycles. The van der Waals surface area contributed by atoms with E-state index in [1.54, 1.807) is 0 Å². The Morgan fingerprint density at radius 3 is 2.74 bits per heavy atom. The number of aryl methyl sites for hydroxylation is 1. The molecule has 5 rings (SSSR count). The number of fused-ring (bicyclic) bond motifs is 1. The van der Waals surface area contributed by atoms with Crippen LogP contribution in [0.1, 0.15) is 123 Å². The standard InChI is InChI=1S/C36H53NO5/c1-6-7-10-29-22-37-34(42-29)36(18-19-36)33(41-25(4)38)16-11-23(2)30-14-15-31-26(9-8-17-35(30,31)5)12-13-27-20-28(39)21-32(40)24(27)3/h12-13,22-23,28,30-33,39-40H,3,6-11,14-21H2,1-2,4-5H3/t23-,28-,30-,31+,32+,33-,35-/m1/s1. The van der Waals surface area contributed by atoms with Crippen LogP contribution in [0.15, 0.2) is 46.1 Å². The molecule has 0 aliphatic heterocycles. The average Bonchev–Trinajstić information content (AvgIpc) is 3.46. The van der Waals surface area contributed by atoms with E-state index >= 15 is 0 Å². The molecule has 4 fully saturated rings. The zero-order valence-corrected chi connectivity index (χ0v) is 26.4. The molecule has 42 heavy (non-hydrogen) atoms. The molecule has 6 heteroatoms. The number of esters is 1. The second-order valence-electron chi connectivity index (χ2n) is 14.2. The van der Waals surface area contributed by atoms with Crippen molar-refractivity contribution in [1.29, 1.82) is 0 Å². The SMILES string of the molecule is C=C1C(=CC=C2CCC[C@]3(C)[C@@H]([C@H](C)CC[C@@H](OC(C)=O)C4(c5ncc(CCCC)o5)CC4)CC[C@@H]23)C[C@@H](O)C[C@@H]1O. The van der Waals surface area contributed by atoms with E-state index in [0.717, 1.165) is 74.2 Å². The number of aliphatic hydroxyl groups excluding tert-OH is 2. The number of unbranched alkanes of at least 4 members (excludes halogenated alkanes) is 1. The van der Waals surface area contributed by atoms with Gasteiger partial charge in [0.15, 0.2) is 0 Å². The quantitative estimate of drug-likeness (QED) is 0.263. The fourth-order valence-corrected chi connectivity index (χ4v) is 8.76. The number of allylic oxidation sites excluding steroid dienone is 3. The number of aromatic nitrogens is 1. The van der Waals surface area contributed by atoms with Crippen molar-refractivity contribution >= 4 is 5.97 Å². The Morgan fingerprint density at radius 2 is 2.02 bits per heavy atom. The minimum atomic E-state index is -0.649. The van der Waals surface area contributed by atoms with Crippen LogP contribution in [0.4, 0.5) is 0 Å². The first-order valence-electron chi connectivity index (χ1n) is 16.6. The van der Waals surface area contributed by atoms with Gasteiger partial charge in [-0.1, -0.05) is 51.5 Å². The molecule has 4 aliphatic carbocycles. The molecule has 1 aromatic rings. The van der Waals surface area contributed by atoms with Crippen LogP contribution in [0.25, 0.3) is 0 Å². The first-order chi connectivity index (χ1) is 20.1. The summed E-state index contributed by atoms with van der Waals surface area (Å²) >= 11 is 0. The van der Waals surface area contributed by atoms with Gasteiger partial charge in [-0.25, -0.2) is 4.98 Å². The molecule has 0 saturated heterocycles. The van der Waals surface area contributed by atoms with E-state index in [-0.39, 0.29) is 22.9 Å². The fraction of sp³-hybridized carbons (Fsp3) is 0.722. The number of ether oxygens (including phenoxy) is 1. The lowest BCUT2D eigenvalue weighted by atomic mass is 9.60. The lowest BCUT2D eigenvalue weighted by molar-refractivity contribution is -0.149. The molecule has 0 bridgehead atoms. The third kappa shape index (κ3) is 6.36. The lowest BCUT2D eigenvalue weighted by Crippen LogP contribution is -2.37.